The summed E-state index contributed by atoms with van der Waals surface area (Å²) < 4.78 is 7.64. The number of benzene rings is 1. The molecule has 0 saturated carbocycles. The van der Waals surface area contributed by atoms with Gasteiger partial charge in [-0.15, -0.1) is 0 Å². The molecule has 5 rings (SSSR count). The van der Waals surface area contributed by atoms with E-state index < -0.39 is 36.6 Å². The number of pyridine rings is 1. The van der Waals surface area contributed by atoms with Crippen LogP contribution >= 0.6 is 11.8 Å². The fourth-order valence-electron chi connectivity index (χ4n) is 4.31. The number of ether oxygens (including phenoxy) is 1. The van der Waals surface area contributed by atoms with Crippen LogP contribution in [0.2, 0.25) is 0 Å². The number of fused-ring (bicyclic) bond motifs is 2. The Balaban J connectivity index is 1.39. The minimum absolute atomic E-state index is 0.226. The zero-order chi connectivity index (χ0) is 26.8. The Morgan fingerprint density at radius 2 is 2.00 bits per heavy atom. The van der Waals surface area contributed by atoms with E-state index in [2.05, 4.69) is 26.8 Å². The number of para-hydroxylation sites is 1. The van der Waals surface area contributed by atoms with E-state index in [4.69, 9.17) is 21.3 Å². The van der Waals surface area contributed by atoms with E-state index >= 15 is 0 Å². The highest BCUT2D eigenvalue weighted by molar-refractivity contribution is 7.99. The minimum Gasteiger partial charge on any atom is -0.480 e. The molecule has 4 aromatic rings. The largest absolute Gasteiger partial charge is 0.480 e. The summed E-state index contributed by atoms with van der Waals surface area (Å²) in [6, 6.07) is 8.75. The predicted octanol–water partition coefficient (Wildman–Crippen LogP) is 1.12. The number of rotatable bonds is 7. The van der Waals surface area contributed by atoms with Crippen molar-refractivity contribution in [1.82, 2.24) is 19.5 Å². The highest BCUT2D eigenvalue weighted by atomic mass is 32.2. The number of carbonyl (C=O) groups is 1. The molecule has 7 N–H and O–H groups in total. The molecule has 5 unspecified atom stereocenters. The first-order valence-electron chi connectivity index (χ1n) is 11.9. The van der Waals surface area contributed by atoms with Crippen LogP contribution in [0.4, 0.5) is 5.82 Å². The second kappa shape index (κ2) is 10.9. The number of aromatic nitrogens is 4. The van der Waals surface area contributed by atoms with Crippen LogP contribution in [0.25, 0.3) is 21.9 Å². The van der Waals surface area contributed by atoms with Crippen LogP contribution in [0.3, 0.4) is 0 Å². The molecule has 1 fully saturated rings. The van der Waals surface area contributed by atoms with Gasteiger partial charge in [-0.3, -0.25) is 9.78 Å². The Bertz CT molecular complexity index is 1550. The Hall–Kier alpha value is -3.73. The van der Waals surface area contributed by atoms with E-state index in [0.29, 0.717) is 33.7 Å². The molecule has 12 heteroatoms. The highest BCUT2D eigenvalue weighted by Gasteiger charge is 2.44. The van der Waals surface area contributed by atoms with Crippen LogP contribution in [0.5, 0.6) is 0 Å². The fraction of sp³-hybridized carbons (Fsp3) is 0.308. The molecule has 5 atom stereocenters. The smallest absolute Gasteiger partial charge is 0.320 e. The highest BCUT2D eigenvalue weighted by Crippen LogP contribution is 2.35. The summed E-state index contributed by atoms with van der Waals surface area (Å²) in [6.07, 6.45) is 0.952. The Labute approximate surface area is 221 Å². The van der Waals surface area contributed by atoms with Gasteiger partial charge in [0.2, 0.25) is 0 Å². The number of carboxylic acids is 1. The molecule has 0 radical (unpaired) electrons. The number of nitrogens with zero attached hydrogens (tertiary/aromatic N) is 4. The quantitative estimate of drug-likeness (QED) is 0.169. The molecular formula is C26H26N6O5S. The average molecular weight is 535 g/mol. The van der Waals surface area contributed by atoms with Crippen molar-refractivity contribution >= 4 is 45.5 Å². The van der Waals surface area contributed by atoms with Crippen molar-refractivity contribution in [3.8, 4) is 11.8 Å². The zero-order valence-electron chi connectivity index (χ0n) is 20.1. The zero-order valence-corrected chi connectivity index (χ0v) is 21.0. The monoisotopic (exact) mass is 534 g/mol. The number of aliphatic hydroxyl groups excluding tert-OH is 2. The van der Waals surface area contributed by atoms with Crippen LogP contribution in [0.15, 0.2) is 49.1 Å². The molecule has 4 heterocycles. The fourth-order valence-corrected chi connectivity index (χ4v) is 5.40. The van der Waals surface area contributed by atoms with E-state index in [1.165, 1.54) is 18.1 Å². The van der Waals surface area contributed by atoms with Crippen LogP contribution in [-0.4, -0.2) is 76.7 Å². The molecule has 1 aliphatic heterocycles. The molecule has 38 heavy (non-hydrogen) atoms. The summed E-state index contributed by atoms with van der Waals surface area (Å²) in [5.74, 6) is 6.21. The number of nitrogen functional groups attached to an aromatic ring is 1. The van der Waals surface area contributed by atoms with Crippen LogP contribution in [-0.2, 0) is 9.53 Å². The number of nitrogens with two attached hydrogens (primary N) is 2. The van der Waals surface area contributed by atoms with E-state index in [0.717, 1.165) is 10.9 Å². The van der Waals surface area contributed by atoms with E-state index in [1.54, 1.807) is 17.0 Å². The molecule has 0 spiro atoms. The third-order valence-corrected chi connectivity index (χ3v) is 7.44. The van der Waals surface area contributed by atoms with Gasteiger partial charge in [-0.1, -0.05) is 30.0 Å². The van der Waals surface area contributed by atoms with Gasteiger partial charge in [0.15, 0.2) is 6.23 Å². The Morgan fingerprint density at radius 3 is 2.82 bits per heavy atom. The van der Waals surface area contributed by atoms with Gasteiger partial charge >= 0.3 is 5.97 Å². The number of carboxylic acid groups (broad SMARTS) is 1. The standard InChI is InChI=1S/C26H26N6O5S/c27-17(26(35)36)7-8-38-12-19-21(33)22(34)25(37-19)32-11-16(20-23(28)30-13-31-24(20)32)6-5-14-9-15-3-1-2-4-18(15)29-10-14/h1-4,9-11,13,17,19,21-22,25,33-34H,7-8,12,27H2,(H,35,36)(H2,28,30,31). The van der Waals surface area contributed by atoms with Gasteiger partial charge in [0, 0.05) is 29.1 Å². The maximum atomic E-state index is 10.9. The summed E-state index contributed by atoms with van der Waals surface area (Å²) in [7, 11) is 0. The van der Waals surface area contributed by atoms with Gasteiger partial charge < -0.3 is 36.1 Å². The summed E-state index contributed by atoms with van der Waals surface area (Å²) >= 11 is 1.39. The number of aliphatic carboxylic acids is 1. The third-order valence-electron chi connectivity index (χ3n) is 6.35. The molecule has 3 aromatic heterocycles. The Kier molecular flexibility index (Phi) is 7.46. The summed E-state index contributed by atoms with van der Waals surface area (Å²) in [5.41, 5.74) is 14.3. The predicted molar refractivity (Wildman–Crippen MR) is 143 cm³/mol. The lowest BCUT2D eigenvalue weighted by molar-refractivity contribution is -0.138. The van der Waals surface area contributed by atoms with Crippen molar-refractivity contribution in [2.45, 2.75) is 37.0 Å². The second-order valence-electron chi connectivity index (χ2n) is 8.93. The minimum atomic E-state index is -1.24. The van der Waals surface area contributed by atoms with Crippen LogP contribution < -0.4 is 11.5 Å². The van der Waals surface area contributed by atoms with E-state index in [1.807, 2.05) is 30.3 Å². The molecular weight excluding hydrogens is 508 g/mol. The molecule has 0 bridgehead atoms. The van der Waals surface area contributed by atoms with E-state index in [9.17, 15) is 15.0 Å². The lowest BCUT2D eigenvalue weighted by atomic mass is 10.1. The summed E-state index contributed by atoms with van der Waals surface area (Å²) in [6.45, 7) is 0. The molecule has 0 aliphatic carbocycles. The van der Waals surface area contributed by atoms with Crippen molar-refractivity contribution < 1.29 is 24.9 Å². The molecule has 1 aromatic carbocycles. The molecule has 0 amide bonds. The van der Waals surface area contributed by atoms with E-state index in [-0.39, 0.29) is 12.2 Å². The van der Waals surface area contributed by atoms with Crippen LogP contribution in [0, 0.1) is 11.8 Å². The van der Waals surface area contributed by atoms with Gasteiger partial charge in [0.25, 0.3) is 0 Å². The number of hydrogen-bond donors (Lipinski definition) is 5. The Morgan fingerprint density at radius 1 is 1.18 bits per heavy atom. The normalized spacial score (nSPS) is 21.9. The number of thioether (sulfide) groups is 1. The van der Waals surface area contributed by atoms with Gasteiger partial charge in [-0.2, -0.15) is 11.8 Å². The van der Waals surface area contributed by atoms with Gasteiger partial charge in [0.05, 0.1) is 22.6 Å². The van der Waals surface area contributed by atoms with Crippen molar-refractivity contribution in [3.05, 3.63) is 60.2 Å². The van der Waals surface area contributed by atoms with Crippen molar-refractivity contribution in [3.63, 3.8) is 0 Å². The summed E-state index contributed by atoms with van der Waals surface area (Å²) in [4.78, 5) is 23.8. The molecule has 196 valence electrons. The number of aliphatic hydroxyl groups is 2. The SMILES string of the molecule is Nc1ncnc2c1c(C#Cc1cnc3ccccc3c1)cn2C1OC(CSCCC(N)C(=O)O)C(O)C1O. The first-order valence-corrected chi connectivity index (χ1v) is 13.0. The topological polar surface area (TPSA) is 183 Å². The molecule has 11 nitrogen and oxygen atoms in total. The summed E-state index contributed by atoms with van der Waals surface area (Å²) in [5, 5.41) is 31.9. The first kappa shape index (κ1) is 25.9. The van der Waals surface area contributed by atoms with Gasteiger partial charge in [-0.25, -0.2) is 9.97 Å². The van der Waals surface area contributed by atoms with Crippen LogP contribution in [0.1, 0.15) is 23.8 Å². The second-order valence-corrected chi connectivity index (χ2v) is 10.1. The lowest BCUT2D eigenvalue weighted by Crippen LogP contribution is -2.33. The number of anilines is 1. The third kappa shape index (κ3) is 5.15. The van der Waals surface area contributed by atoms with Gasteiger partial charge in [-0.05, 0) is 24.3 Å². The maximum absolute atomic E-state index is 10.9. The molecule has 1 aliphatic rings. The lowest BCUT2D eigenvalue weighted by Gasteiger charge is -2.17. The van der Waals surface area contributed by atoms with Crippen molar-refractivity contribution in [2.75, 3.05) is 17.2 Å². The molecule has 1 saturated heterocycles. The maximum Gasteiger partial charge on any atom is 0.320 e. The van der Waals surface area contributed by atoms with Crippen molar-refractivity contribution in [2.24, 2.45) is 5.73 Å². The van der Waals surface area contributed by atoms with Crippen molar-refractivity contribution in [1.29, 1.82) is 0 Å². The first-order chi connectivity index (χ1) is 18.3. The van der Waals surface area contributed by atoms with Gasteiger partial charge in [0.1, 0.15) is 36.0 Å². The number of hydrogen-bond acceptors (Lipinski definition) is 10. The average Bonchev–Trinajstić information content (AvgIpc) is 3.42.